The van der Waals surface area contributed by atoms with Crippen LogP contribution in [0.1, 0.15) is 17.0 Å². The third kappa shape index (κ3) is 3.31. The van der Waals surface area contributed by atoms with E-state index in [1.807, 2.05) is 32.2 Å². The molecule has 2 aromatic carbocycles. The summed E-state index contributed by atoms with van der Waals surface area (Å²) in [5.74, 6) is 0.505. The topological polar surface area (TPSA) is 55.1 Å². The van der Waals surface area contributed by atoms with E-state index in [1.165, 1.54) is 5.52 Å². The van der Waals surface area contributed by atoms with E-state index in [0.717, 1.165) is 33.6 Å². The van der Waals surface area contributed by atoms with Gasteiger partial charge < -0.3 is 4.57 Å². The molecule has 0 atom stereocenters. The molecule has 4 aromatic rings. The number of hydrazone groups is 1. The molecule has 2 heterocycles. The summed E-state index contributed by atoms with van der Waals surface area (Å²) in [5, 5.41) is 5.59. The molecule has 0 aliphatic rings. The molecule has 0 saturated carbocycles. The smallest absolute Gasteiger partial charge is 0.243 e. The van der Waals surface area contributed by atoms with Crippen LogP contribution in [0.3, 0.4) is 0 Å². The van der Waals surface area contributed by atoms with Gasteiger partial charge in [-0.3, -0.25) is 0 Å². The summed E-state index contributed by atoms with van der Waals surface area (Å²) in [6, 6.07) is 20.7. The molecule has 2 aromatic heterocycles. The maximum Gasteiger partial charge on any atom is 0.243 e. The molecule has 0 aliphatic carbocycles. The summed E-state index contributed by atoms with van der Waals surface area (Å²) in [6.07, 6.45) is 1.85. The maximum atomic E-state index is 4.43. The minimum absolute atomic E-state index is 0.505. The molecule has 0 saturated heterocycles. The Kier molecular flexibility index (Phi) is 4.42. The summed E-state index contributed by atoms with van der Waals surface area (Å²) in [7, 11) is 2.09. The van der Waals surface area contributed by atoms with Crippen LogP contribution in [0.2, 0.25) is 0 Å². The lowest BCUT2D eigenvalue weighted by Gasteiger charge is -2.06. The highest BCUT2D eigenvalue weighted by molar-refractivity contribution is 6.06. The zero-order chi connectivity index (χ0) is 18.8. The molecule has 4 rings (SSSR count). The van der Waals surface area contributed by atoms with E-state index in [9.17, 15) is 0 Å². The van der Waals surface area contributed by atoms with Gasteiger partial charge in [-0.05, 0) is 31.5 Å². The quantitative estimate of drug-likeness (QED) is 0.426. The lowest BCUT2D eigenvalue weighted by atomic mass is 10.1. The molecule has 0 bridgehead atoms. The summed E-state index contributed by atoms with van der Waals surface area (Å²) >= 11 is 0. The third-order valence-electron chi connectivity index (χ3n) is 4.53. The van der Waals surface area contributed by atoms with Crippen molar-refractivity contribution in [2.24, 2.45) is 12.1 Å². The van der Waals surface area contributed by atoms with Gasteiger partial charge in [0.25, 0.3) is 0 Å². The predicted molar refractivity (Wildman–Crippen MR) is 111 cm³/mol. The number of benzene rings is 2. The molecule has 0 amide bonds. The van der Waals surface area contributed by atoms with Crippen molar-refractivity contribution in [2.45, 2.75) is 13.8 Å². The van der Waals surface area contributed by atoms with Gasteiger partial charge in [0.1, 0.15) is 0 Å². The van der Waals surface area contributed by atoms with Crippen molar-refractivity contribution in [3.05, 3.63) is 77.6 Å². The first-order valence-corrected chi connectivity index (χ1v) is 8.87. The van der Waals surface area contributed by atoms with E-state index in [2.05, 4.69) is 80.6 Å². The van der Waals surface area contributed by atoms with Gasteiger partial charge in [-0.1, -0.05) is 48.5 Å². The van der Waals surface area contributed by atoms with E-state index < -0.39 is 0 Å². The van der Waals surface area contributed by atoms with Crippen molar-refractivity contribution in [1.82, 2.24) is 14.5 Å². The van der Waals surface area contributed by atoms with Crippen molar-refractivity contribution in [1.29, 1.82) is 0 Å². The number of nitrogens with one attached hydrogen (secondary N) is 1. The predicted octanol–water partition coefficient (Wildman–Crippen LogP) is 4.70. The zero-order valence-electron chi connectivity index (χ0n) is 15.6. The Labute approximate surface area is 158 Å². The monoisotopic (exact) mass is 355 g/mol. The van der Waals surface area contributed by atoms with Crippen LogP contribution in [-0.2, 0) is 7.05 Å². The summed E-state index contributed by atoms with van der Waals surface area (Å²) < 4.78 is 2.21. The van der Waals surface area contributed by atoms with Crippen molar-refractivity contribution in [3.63, 3.8) is 0 Å². The largest absolute Gasteiger partial charge is 0.343 e. The van der Waals surface area contributed by atoms with E-state index in [1.54, 1.807) is 0 Å². The fraction of sp³-hybridized carbons (Fsp3) is 0.136. The van der Waals surface area contributed by atoms with Crippen LogP contribution in [0.5, 0.6) is 0 Å². The van der Waals surface area contributed by atoms with Gasteiger partial charge in [-0.2, -0.15) is 5.10 Å². The second-order valence-electron chi connectivity index (χ2n) is 6.55. The normalized spacial score (nSPS) is 11.4. The average Bonchev–Trinajstić information content (AvgIpc) is 2.94. The number of aromatic nitrogens is 3. The minimum atomic E-state index is 0.505. The first kappa shape index (κ1) is 17.0. The second-order valence-corrected chi connectivity index (χ2v) is 6.55. The number of rotatable bonds is 4. The van der Waals surface area contributed by atoms with E-state index in [4.69, 9.17) is 0 Å². The van der Waals surface area contributed by atoms with E-state index in [-0.39, 0.29) is 0 Å². The van der Waals surface area contributed by atoms with Crippen LogP contribution in [0.4, 0.5) is 5.95 Å². The lowest BCUT2D eigenvalue weighted by Crippen LogP contribution is -2.00. The molecule has 5 nitrogen and oxygen atoms in total. The zero-order valence-corrected chi connectivity index (χ0v) is 15.6. The highest BCUT2D eigenvalue weighted by Crippen LogP contribution is 2.31. The molecule has 0 radical (unpaired) electrons. The Morgan fingerprint density at radius 3 is 2.33 bits per heavy atom. The van der Waals surface area contributed by atoms with Crippen molar-refractivity contribution in [3.8, 4) is 11.3 Å². The SMILES string of the molecule is Cc1cc(C)nc(N/N=C/c2c(-c3ccccc3)n(C)c3ccccc23)n1. The van der Waals surface area contributed by atoms with Gasteiger partial charge in [-0.25, -0.2) is 15.4 Å². The highest BCUT2D eigenvalue weighted by atomic mass is 15.3. The fourth-order valence-electron chi connectivity index (χ4n) is 3.43. The molecule has 0 spiro atoms. The van der Waals surface area contributed by atoms with Crippen molar-refractivity contribution < 1.29 is 0 Å². The van der Waals surface area contributed by atoms with E-state index in [0.29, 0.717) is 5.95 Å². The number of fused-ring (bicyclic) bond motifs is 1. The second kappa shape index (κ2) is 7.03. The summed E-state index contributed by atoms with van der Waals surface area (Å²) in [4.78, 5) is 8.74. The third-order valence-corrected chi connectivity index (χ3v) is 4.53. The minimum Gasteiger partial charge on any atom is -0.343 e. The van der Waals surface area contributed by atoms with Crippen LogP contribution >= 0.6 is 0 Å². The number of hydrogen-bond donors (Lipinski definition) is 1. The average molecular weight is 355 g/mol. The summed E-state index contributed by atoms with van der Waals surface area (Å²) in [5.41, 5.74) is 9.30. The number of para-hydroxylation sites is 1. The lowest BCUT2D eigenvalue weighted by molar-refractivity contribution is 0.977. The molecule has 134 valence electrons. The number of aryl methyl sites for hydroxylation is 3. The molecule has 1 N–H and O–H groups in total. The molecule has 0 fully saturated rings. The fourth-order valence-corrected chi connectivity index (χ4v) is 3.43. The Hall–Kier alpha value is -3.47. The molecule has 5 heteroatoms. The van der Waals surface area contributed by atoms with Crippen molar-refractivity contribution in [2.75, 3.05) is 5.43 Å². The molecule has 0 aliphatic heterocycles. The molecular weight excluding hydrogens is 334 g/mol. The maximum absolute atomic E-state index is 4.43. The van der Waals surface area contributed by atoms with E-state index >= 15 is 0 Å². The van der Waals surface area contributed by atoms with Crippen LogP contribution in [0.25, 0.3) is 22.2 Å². The van der Waals surface area contributed by atoms with Gasteiger partial charge in [0.15, 0.2) is 0 Å². The molecule has 0 unspecified atom stereocenters. The highest BCUT2D eigenvalue weighted by Gasteiger charge is 2.14. The Morgan fingerprint density at radius 2 is 1.59 bits per heavy atom. The number of nitrogens with zero attached hydrogens (tertiary/aromatic N) is 4. The number of hydrogen-bond acceptors (Lipinski definition) is 4. The van der Waals surface area contributed by atoms with Gasteiger partial charge in [0.2, 0.25) is 5.95 Å². The summed E-state index contributed by atoms with van der Waals surface area (Å²) in [6.45, 7) is 3.89. The first-order valence-electron chi connectivity index (χ1n) is 8.87. The first-order chi connectivity index (χ1) is 13.1. The molecular formula is C22H21N5. The van der Waals surface area contributed by atoms with Crippen LogP contribution in [-0.4, -0.2) is 20.7 Å². The Bertz CT molecular complexity index is 1110. The van der Waals surface area contributed by atoms with Crippen LogP contribution in [0, 0.1) is 13.8 Å². The van der Waals surface area contributed by atoms with Gasteiger partial charge in [0, 0.05) is 34.9 Å². The number of anilines is 1. The Morgan fingerprint density at radius 1 is 0.926 bits per heavy atom. The Balaban J connectivity index is 1.78. The van der Waals surface area contributed by atoms with Gasteiger partial charge >= 0.3 is 0 Å². The van der Waals surface area contributed by atoms with Crippen LogP contribution in [0.15, 0.2) is 65.8 Å². The van der Waals surface area contributed by atoms with Crippen molar-refractivity contribution >= 4 is 23.1 Å². The van der Waals surface area contributed by atoms with Crippen LogP contribution < -0.4 is 5.43 Å². The standard InChI is InChI=1S/C22H21N5/c1-15-13-16(2)25-22(24-15)26-23-14-19-18-11-7-8-12-20(18)27(3)21(19)17-9-5-4-6-10-17/h4-14H,1-3H3,(H,24,25,26)/b23-14+. The van der Waals surface area contributed by atoms with Gasteiger partial charge in [-0.15, -0.1) is 0 Å². The van der Waals surface area contributed by atoms with Gasteiger partial charge in [0.05, 0.1) is 11.9 Å². The molecule has 27 heavy (non-hydrogen) atoms.